The van der Waals surface area contributed by atoms with Crippen LogP contribution < -0.4 is 10.9 Å². The molecule has 0 aliphatic heterocycles. The summed E-state index contributed by atoms with van der Waals surface area (Å²) in [6, 6.07) is 11.1. The summed E-state index contributed by atoms with van der Waals surface area (Å²) in [7, 11) is 0. The first-order valence-electron chi connectivity index (χ1n) is 6.30. The molecule has 3 rings (SSSR count). The highest BCUT2D eigenvalue weighted by Gasteiger charge is 2.05. The van der Waals surface area contributed by atoms with E-state index >= 15 is 0 Å². The second-order valence-electron chi connectivity index (χ2n) is 4.51. The Bertz CT molecular complexity index is 863. The van der Waals surface area contributed by atoms with Crippen LogP contribution in [-0.4, -0.2) is 9.97 Å². The minimum atomic E-state index is -0.387. The third-order valence-electron chi connectivity index (χ3n) is 3.04. The van der Waals surface area contributed by atoms with Crippen LogP contribution in [0.3, 0.4) is 0 Å². The van der Waals surface area contributed by atoms with Crippen molar-refractivity contribution in [2.45, 2.75) is 6.54 Å². The molecule has 1 heterocycles. The summed E-state index contributed by atoms with van der Waals surface area (Å²) >= 11 is 5.97. The maximum Gasteiger partial charge on any atom is 0.258 e. The Hall–Kier alpha value is -2.40. The Labute approximate surface area is 124 Å². The summed E-state index contributed by atoms with van der Waals surface area (Å²) in [5, 5.41) is 3.89. The van der Waals surface area contributed by atoms with Gasteiger partial charge in [-0.2, -0.15) is 0 Å². The Balaban J connectivity index is 1.88. The number of nitrogens with one attached hydrogen (secondary N) is 2. The van der Waals surface area contributed by atoms with Gasteiger partial charge in [0.2, 0.25) is 0 Å². The van der Waals surface area contributed by atoms with Crippen molar-refractivity contribution in [3.05, 3.63) is 69.5 Å². The number of anilines is 1. The SMILES string of the molecule is O=c1[nH]c(CNc2cc(F)ccc2Cl)nc2ccccc12. The van der Waals surface area contributed by atoms with Gasteiger partial charge in [0.25, 0.3) is 5.56 Å². The monoisotopic (exact) mass is 303 g/mol. The molecule has 0 saturated carbocycles. The van der Waals surface area contributed by atoms with Gasteiger partial charge in [-0.1, -0.05) is 23.7 Å². The topological polar surface area (TPSA) is 57.8 Å². The van der Waals surface area contributed by atoms with E-state index < -0.39 is 0 Å². The maximum atomic E-state index is 13.2. The third-order valence-corrected chi connectivity index (χ3v) is 3.37. The molecule has 0 atom stereocenters. The fourth-order valence-corrected chi connectivity index (χ4v) is 2.21. The van der Waals surface area contributed by atoms with Crippen LogP contribution in [0.1, 0.15) is 5.82 Å². The molecule has 0 saturated heterocycles. The molecule has 4 nitrogen and oxygen atoms in total. The molecule has 0 aliphatic rings. The summed E-state index contributed by atoms with van der Waals surface area (Å²) in [5.74, 6) is 0.0703. The van der Waals surface area contributed by atoms with Crippen molar-refractivity contribution < 1.29 is 4.39 Å². The second kappa shape index (κ2) is 5.54. The quantitative estimate of drug-likeness (QED) is 0.780. The zero-order valence-corrected chi connectivity index (χ0v) is 11.6. The van der Waals surface area contributed by atoms with Crippen LogP contribution in [0.5, 0.6) is 0 Å². The van der Waals surface area contributed by atoms with Crippen molar-refractivity contribution >= 4 is 28.2 Å². The summed E-state index contributed by atoms with van der Waals surface area (Å²) < 4.78 is 13.2. The van der Waals surface area contributed by atoms with Gasteiger partial charge >= 0.3 is 0 Å². The molecule has 2 N–H and O–H groups in total. The Kier molecular flexibility index (Phi) is 3.58. The van der Waals surface area contributed by atoms with Crippen molar-refractivity contribution in [2.24, 2.45) is 0 Å². The lowest BCUT2D eigenvalue weighted by Gasteiger charge is -2.08. The second-order valence-corrected chi connectivity index (χ2v) is 4.91. The van der Waals surface area contributed by atoms with Gasteiger partial charge in [-0.25, -0.2) is 9.37 Å². The van der Waals surface area contributed by atoms with E-state index in [-0.39, 0.29) is 17.9 Å². The number of halogens is 2. The summed E-state index contributed by atoms with van der Waals surface area (Å²) in [6.45, 7) is 0.239. The lowest BCUT2D eigenvalue weighted by Crippen LogP contribution is -2.14. The summed E-state index contributed by atoms with van der Waals surface area (Å²) in [4.78, 5) is 19.0. The van der Waals surface area contributed by atoms with E-state index in [2.05, 4.69) is 15.3 Å². The first-order valence-corrected chi connectivity index (χ1v) is 6.68. The normalized spacial score (nSPS) is 10.8. The van der Waals surface area contributed by atoms with E-state index in [1.165, 1.54) is 18.2 Å². The number of nitrogens with zero attached hydrogens (tertiary/aromatic N) is 1. The predicted molar refractivity (Wildman–Crippen MR) is 81.1 cm³/mol. The van der Waals surface area contributed by atoms with Gasteiger partial charge in [0.1, 0.15) is 11.6 Å². The van der Waals surface area contributed by atoms with Crippen molar-refractivity contribution in [3.8, 4) is 0 Å². The van der Waals surface area contributed by atoms with Crippen molar-refractivity contribution in [1.29, 1.82) is 0 Å². The number of aromatic nitrogens is 2. The van der Waals surface area contributed by atoms with E-state index in [4.69, 9.17) is 11.6 Å². The van der Waals surface area contributed by atoms with Gasteiger partial charge in [0, 0.05) is 0 Å². The molecule has 0 fully saturated rings. The van der Waals surface area contributed by atoms with Crippen molar-refractivity contribution in [2.75, 3.05) is 5.32 Å². The number of hydrogen-bond acceptors (Lipinski definition) is 3. The fourth-order valence-electron chi connectivity index (χ4n) is 2.03. The first kappa shape index (κ1) is 13.6. The standard InChI is InChI=1S/C15H11ClFN3O/c16-11-6-5-9(17)7-13(11)18-8-14-19-12-4-2-1-3-10(12)15(21)20-14/h1-7,18H,8H2,(H,19,20,21). The summed E-state index contributed by atoms with van der Waals surface area (Å²) in [6.07, 6.45) is 0. The first-order chi connectivity index (χ1) is 10.1. The summed E-state index contributed by atoms with van der Waals surface area (Å²) in [5.41, 5.74) is 0.860. The fraction of sp³-hybridized carbons (Fsp3) is 0.0667. The van der Waals surface area contributed by atoms with Gasteiger partial charge in [-0.3, -0.25) is 4.79 Å². The Morgan fingerprint density at radius 2 is 2.05 bits per heavy atom. The van der Waals surface area contributed by atoms with Crippen LogP contribution in [0.15, 0.2) is 47.3 Å². The molecule has 0 aliphatic carbocycles. The van der Waals surface area contributed by atoms with Crippen LogP contribution in [0.2, 0.25) is 5.02 Å². The highest BCUT2D eigenvalue weighted by molar-refractivity contribution is 6.33. The van der Waals surface area contributed by atoms with Crippen LogP contribution in [0, 0.1) is 5.82 Å². The van der Waals surface area contributed by atoms with Crippen LogP contribution in [0.4, 0.5) is 10.1 Å². The molecule has 6 heteroatoms. The molecule has 0 radical (unpaired) electrons. The largest absolute Gasteiger partial charge is 0.377 e. The van der Waals surface area contributed by atoms with Gasteiger partial charge < -0.3 is 10.3 Å². The van der Waals surface area contributed by atoms with Crippen LogP contribution >= 0.6 is 11.6 Å². The Morgan fingerprint density at radius 1 is 1.24 bits per heavy atom. The molecule has 21 heavy (non-hydrogen) atoms. The molecule has 0 unspecified atom stereocenters. The van der Waals surface area contributed by atoms with Gasteiger partial charge in [-0.15, -0.1) is 0 Å². The van der Waals surface area contributed by atoms with Gasteiger partial charge in [0.15, 0.2) is 0 Å². The third kappa shape index (κ3) is 2.87. The molecule has 2 aromatic carbocycles. The number of para-hydroxylation sites is 1. The highest BCUT2D eigenvalue weighted by atomic mass is 35.5. The zero-order valence-electron chi connectivity index (χ0n) is 10.9. The zero-order chi connectivity index (χ0) is 14.8. The predicted octanol–water partition coefficient (Wildman–Crippen LogP) is 3.33. The highest BCUT2D eigenvalue weighted by Crippen LogP contribution is 2.22. The molecular weight excluding hydrogens is 293 g/mol. The molecule has 106 valence electrons. The van der Waals surface area contributed by atoms with E-state index in [0.717, 1.165) is 0 Å². The minimum absolute atomic E-state index is 0.206. The minimum Gasteiger partial charge on any atom is -0.377 e. The van der Waals surface area contributed by atoms with E-state index in [0.29, 0.717) is 27.4 Å². The Morgan fingerprint density at radius 3 is 2.90 bits per heavy atom. The molecule has 0 amide bonds. The molecule has 1 aromatic heterocycles. The van der Waals surface area contributed by atoms with E-state index in [1.807, 2.05) is 6.07 Å². The number of rotatable bonds is 3. The average molecular weight is 304 g/mol. The van der Waals surface area contributed by atoms with Gasteiger partial charge in [-0.05, 0) is 30.3 Å². The van der Waals surface area contributed by atoms with E-state index in [1.54, 1.807) is 18.2 Å². The molecular formula is C15H11ClFN3O. The van der Waals surface area contributed by atoms with Crippen LogP contribution in [-0.2, 0) is 6.54 Å². The number of benzene rings is 2. The number of H-pyrrole nitrogens is 1. The van der Waals surface area contributed by atoms with Crippen molar-refractivity contribution in [3.63, 3.8) is 0 Å². The lowest BCUT2D eigenvalue weighted by atomic mass is 10.2. The van der Waals surface area contributed by atoms with E-state index in [9.17, 15) is 9.18 Å². The van der Waals surface area contributed by atoms with Gasteiger partial charge in [0.05, 0.1) is 28.2 Å². The van der Waals surface area contributed by atoms with Crippen LogP contribution in [0.25, 0.3) is 10.9 Å². The maximum absolute atomic E-state index is 13.2. The molecule has 0 spiro atoms. The average Bonchev–Trinajstić information content (AvgIpc) is 2.48. The number of fused-ring (bicyclic) bond motifs is 1. The number of aromatic amines is 1. The van der Waals surface area contributed by atoms with Crippen molar-refractivity contribution in [1.82, 2.24) is 9.97 Å². The number of hydrogen-bond donors (Lipinski definition) is 2. The molecule has 0 bridgehead atoms. The lowest BCUT2D eigenvalue weighted by molar-refractivity contribution is 0.628. The smallest absolute Gasteiger partial charge is 0.258 e. The molecule has 3 aromatic rings.